The van der Waals surface area contributed by atoms with E-state index in [2.05, 4.69) is 10.0 Å². The van der Waals surface area contributed by atoms with E-state index in [0.717, 1.165) is 19.6 Å². The first kappa shape index (κ1) is 17.8. The zero-order chi connectivity index (χ0) is 13.9. The van der Waals surface area contributed by atoms with Gasteiger partial charge in [0.25, 0.3) is 0 Å². The van der Waals surface area contributed by atoms with E-state index in [0.29, 0.717) is 26.2 Å². The summed E-state index contributed by atoms with van der Waals surface area (Å²) in [6, 6.07) is 0. The molecule has 0 saturated carbocycles. The highest BCUT2D eigenvalue weighted by Crippen LogP contribution is 1.88. The van der Waals surface area contributed by atoms with Crippen molar-refractivity contribution in [3.05, 3.63) is 0 Å². The van der Waals surface area contributed by atoms with Gasteiger partial charge in [-0.2, -0.15) is 0 Å². The standard InChI is InChI=1S/C11H27N3O3S/c1-4-12-6-5-11-18(15,16)13-7-9-17-10-8-14(2)3/h12-13H,4-11H2,1-3H3. The molecular formula is C11H27N3O3S. The van der Waals surface area contributed by atoms with Gasteiger partial charge in [-0.3, -0.25) is 0 Å². The maximum atomic E-state index is 11.5. The predicted octanol–water partition coefficient (Wildman–Crippen LogP) is -0.516. The molecule has 18 heavy (non-hydrogen) atoms. The number of sulfonamides is 1. The van der Waals surface area contributed by atoms with Gasteiger partial charge in [0, 0.05) is 13.1 Å². The van der Waals surface area contributed by atoms with E-state index in [1.807, 2.05) is 25.9 Å². The van der Waals surface area contributed by atoms with Gasteiger partial charge in [-0.05, 0) is 33.6 Å². The molecule has 7 heteroatoms. The van der Waals surface area contributed by atoms with Gasteiger partial charge in [0.1, 0.15) is 0 Å². The Morgan fingerprint density at radius 2 is 1.89 bits per heavy atom. The third kappa shape index (κ3) is 12.3. The first-order valence-corrected chi connectivity index (χ1v) is 8.03. The van der Waals surface area contributed by atoms with Crippen LogP contribution in [0.5, 0.6) is 0 Å². The van der Waals surface area contributed by atoms with Crippen LogP contribution in [0.15, 0.2) is 0 Å². The van der Waals surface area contributed by atoms with Gasteiger partial charge in [0.05, 0.1) is 19.0 Å². The Balaban J connectivity index is 3.47. The lowest BCUT2D eigenvalue weighted by molar-refractivity contribution is 0.122. The van der Waals surface area contributed by atoms with Crippen LogP contribution in [0.4, 0.5) is 0 Å². The summed E-state index contributed by atoms with van der Waals surface area (Å²) in [4.78, 5) is 2.02. The monoisotopic (exact) mass is 281 g/mol. The van der Waals surface area contributed by atoms with E-state index in [-0.39, 0.29) is 5.75 Å². The highest BCUT2D eigenvalue weighted by molar-refractivity contribution is 7.89. The highest BCUT2D eigenvalue weighted by Gasteiger charge is 2.08. The average molecular weight is 281 g/mol. The van der Waals surface area contributed by atoms with Crippen LogP contribution in [-0.4, -0.2) is 72.6 Å². The second-order valence-electron chi connectivity index (χ2n) is 4.34. The van der Waals surface area contributed by atoms with Crippen LogP contribution in [0.3, 0.4) is 0 Å². The van der Waals surface area contributed by atoms with Gasteiger partial charge >= 0.3 is 0 Å². The van der Waals surface area contributed by atoms with Gasteiger partial charge in [-0.25, -0.2) is 13.1 Å². The van der Waals surface area contributed by atoms with Crippen molar-refractivity contribution in [3.8, 4) is 0 Å². The lowest BCUT2D eigenvalue weighted by atomic mass is 10.5. The minimum atomic E-state index is -3.15. The summed E-state index contributed by atoms with van der Waals surface area (Å²) in [5.41, 5.74) is 0. The molecule has 0 saturated heterocycles. The maximum absolute atomic E-state index is 11.5. The minimum Gasteiger partial charge on any atom is -0.379 e. The second-order valence-corrected chi connectivity index (χ2v) is 6.26. The average Bonchev–Trinajstić information content (AvgIpc) is 2.29. The van der Waals surface area contributed by atoms with E-state index in [9.17, 15) is 8.42 Å². The van der Waals surface area contributed by atoms with Gasteiger partial charge in [0.2, 0.25) is 10.0 Å². The van der Waals surface area contributed by atoms with Crippen molar-refractivity contribution in [2.24, 2.45) is 0 Å². The van der Waals surface area contributed by atoms with Crippen molar-refractivity contribution in [1.29, 1.82) is 0 Å². The molecule has 0 radical (unpaired) electrons. The van der Waals surface area contributed by atoms with E-state index < -0.39 is 10.0 Å². The summed E-state index contributed by atoms with van der Waals surface area (Å²) in [6.45, 7) is 5.82. The van der Waals surface area contributed by atoms with E-state index in [1.54, 1.807) is 0 Å². The molecule has 0 heterocycles. The Morgan fingerprint density at radius 1 is 1.17 bits per heavy atom. The molecular weight excluding hydrogens is 254 g/mol. The fourth-order valence-electron chi connectivity index (χ4n) is 1.25. The van der Waals surface area contributed by atoms with Crippen molar-refractivity contribution in [2.75, 3.05) is 59.2 Å². The normalized spacial score (nSPS) is 12.2. The number of rotatable bonds is 12. The molecule has 0 spiro atoms. The molecule has 0 atom stereocenters. The molecule has 2 N–H and O–H groups in total. The summed E-state index contributed by atoms with van der Waals surface area (Å²) in [5.74, 6) is 0.164. The van der Waals surface area contributed by atoms with Gasteiger partial charge < -0.3 is 15.0 Å². The number of nitrogens with zero attached hydrogens (tertiary/aromatic N) is 1. The highest BCUT2D eigenvalue weighted by atomic mass is 32.2. The summed E-state index contributed by atoms with van der Waals surface area (Å²) >= 11 is 0. The van der Waals surface area contributed by atoms with Crippen LogP contribution in [-0.2, 0) is 14.8 Å². The molecule has 0 aromatic carbocycles. The molecule has 0 aliphatic rings. The smallest absolute Gasteiger partial charge is 0.211 e. The molecule has 0 aliphatic heterocycles. The Labute approximate surface area is 111 Å². The quantitative estimate of drug-likeness (QED) is 0.471. The van der Waals surface area contributed by atoms with Crippen molar-refractivity contribution < 1.29 is 13.2 Å². The summed E-state index contributed by atoms with van der Waals surface area (Å²) in [5, 5.41) is 3.09. The third-order valence-corrected chi connectivity index (χ3v) is 3.74. The van der Waals surface area contributed by atoms with Gasteiger partial charge in [-0.15, -0.1) is 0 Å². The molecule has 0 amide bonds. The van der Waals surface area contributed by atoms with Crippen LogP contribution in [0.2, 0.25) is 0 Å². The Hall–Kier alpha value is -0.210. The lowest BCUT2D eigenvalue weighted by Crippen LogP contribution is -2.31. The first-order chi connectivity index (χ1) is 8.48. The Morgan fingerprint density at radius 3 is 2.50 bits per heavy atom. The maximum Gasteiger partial charge on any atom is 0.211 e. The summed E-state index contributed by atoms with van der Waals surface area (Å²) in [7, 11) is 0.791. The first-order valence-electron chi connectivity index (χ1n) is 6.38. The van der Waals surface area contributed by atoms with E-state index in [1.165, 1.54) is 0 Å². The van der Waals surface area contributed by atoms with Crippen molar-refractivity contribution in [3.63, 3.8) is 0 Å². The van der Waals surface area contributed by atoms with Crippen molar-refractivity contribution in [1.82, 2.24) is 14.9 Å². The van der Waals surface area contributed by atoms with Crippen LogP contribution in [0, 0.1) is 0 Å². The minimum absolute atomic E-state index is 0.164. The molecule has 110 valence electrons. The zero-order valence-electron chi connectivity index (χ0n) is 11.7. The molecule has 0 aromatic rings. The third-order valence-electron chi connectivity index (χ3n) is 2.27. The Kier molecular flexibility index (Phi) is 10.6. The zero-order valence-corrected chi connectivity index (χ0v) is 12.6. The largest absolute Gasteiger partial charge is 0.379 e. The topological polar surface area (TPSA) is 70.7 Å². The Bertz CT molecular complexity index is 281. The molecule has 0 bridgehead atoms. The number of likely N-dealkylation sites (N-methyl/N-ethyl adjacent to an activating group) is 1. The molecule has 6 nitrogen and oxygen atoms in total. The molecule has 0 unspecified atom stereocenters. The predicted molar refractivity (Wildman–Crippen MR) is 74.3 cm³/mol. The summed E-state index contributed by atoms with van der Waals surface area (Å²) < 4.78 is 30.9. The second kappa shape index (κ2) is 10.7. The fraction of sp³-hybridized carbons (Fsp3) is 1.00. The summed E-state index contributed by atoms with van der Waals surface area (Å²) in [6.07, 6.45) is 0.630. The number of ether oxygens (including phenoxy) is 1. The van der Waals surface area contributed by atoms with Gasteiger partial charge in [-0.1, -0.05) is 6.92 Å². The molecule has 0 fully saturated rings. The molecule has 0 aromatic heterocycles. The van der Waals surface area contributed by atoms with Crippen LogP contribution >= 0.6 is 0 Å². The van der Waals surface area contributed by atoms with Crippen LogP contribution in [0.1, 0.15) is 13.3 Å². The van der Waals surface area contributed by atoms with E-state index in [4.69, 9.17) is 4.74 Å². The van der Waals surface area contributed by atoms with Crippen molar-refractivity contribution in [2.45, 2.75) is 13.3 Å². The van der Waals surface area contributed by atoms with Gasteiger partial charge in [0.15, 0.2) is 0 Å². The number of hydrogen-bond acceptors (Lipinski definition) is 5. The van der Waals surface area contributed by atoms with Crippen LogP contribution in [0.25, 0.3) is 0 Å². The molecule has 0 aliphatic carbocycles. The number of nitrogens with one attached hydrogen (secondary N) is 2. The molecule has 0 rings (SSSR count). The number of hydrogen-bond donors (Lipinski definition) is 2. The van der Waals surface area contributed by atoms with E-state index >= 15 is 0 Å². The lowest BCUT2D eigenvalue weighted by Gasteiger charge is -2.10. The fourth-order valence-corrected chi connectivity index (χ4v) is 2.32. The van der Waals surface area contributed by atoms with Crippen molar-refractivity contribution >= 4 is 10.0 Å². The van der Waals surface area contributed by atoms with Crippen LogP contribution < -0.4 is 10.0 Å². The SMILES string of the molecule is CCNCCCS(=O)(=O)NCCOCCN(C)C.